The lowest BCUT2D eigenvalue weighted by atomic mass is 10.2. The molecule has 1 fully saturated rings. The predicted octanol–water partition coefficient (Wildman–Crippen LogP) is 3.11. The van der Waals surface area contributed by atoms with Crippen LogP contribution in [0.15, 0.2) is 12.1 Å². The van der Waals surface area contributed by atoms with Crippen LogP contribution in [0.3, 0.4) is 0 Å². The summed E-state index contributed by atoms with van der Waals surface area (Å²) < 4.78 is 37.3. The summed E-state index contributed by atoms with van der Waals surface area (Å²) in [6, 6.07) is 3.05. The largest absolute Gasteiger partial charge is 0.425 e. The zero-order chi connectivity index (χ0) is 12.5. The lowest BCUT2D eigenvalue weighted by Gasteiger charge is -2.22. The zero-order valence-corrected chi connectivity index (χ0v) is 11.4. The Bertz CT molecular complexity index is 381. The summed E-state index contributed by atoms with van der Waals surface area (Å²) in [6.07, 6.45) is -2.09. The normalized spacial score (nSPS) is 21.0. The molecule has 7 heteroatoms. The van der Waals surface area contributed by atoms with Gasteiger partial charge in [0.25, 0.3) is 0 Å². The Kier molecular flexibility index (Phi) is 5.46. The molecule has 0 radical (unpaired) electrons. The van der Waals surface area contributed by atoms with E-state index in [-0.39, 0.29) is 12.4 Å². The number of hydrogen-bond donors (Lipinski definition) is 1. The Morgan fingerprint density at radius 2 is 2.11 bits per heavy atom. The van der Waals surface area contributed by atoms with E-state index in [9.17, 15) is 13.2 Å². The van der Waals surface area contributed by atoms with Gasteiger partial charge in [-0.25, -0.2) is 0 Å². The van der Waals surface area contributed by atoms with Gasteiger partial charge in [-0.2, -0.15) is 13.2 Å². The van der Waals surface area contributed by atoms with Gasteiger partial charge >= 0.3 is 6.18 Å². The van der Waals surface area contributed by atoms with Crippen molar-refractivity contribution in [3.05, 3.63) is 21.9 Å². The van der Waals surface area contributed by atoms with Crippen molar-refractivity contribution in [3.63, 3.8) is 0 Å². The molecule has 2 heterocycles. The molecule has 0 amide bonds. The summed E-state index contributed by atoms with van der Waals surface area (Å²) in [4.78, 5) is 2.42. The van der Waals surface area contributed by atoms with Crippen LogP contribution >= 0.6 is 23.7 Å². The van der Waals surface area contributed by atoms with Crippen LogP contribution in [0.2, 0.25) is 0 Å². The highest BCUT2D eigenvalue weighted by Gasteiger charge is 2.33. The Hall–Kier alpha value is -0.300. The van der Waals surface area contributed by atoms with E-state index in [4.69, 9.17) is 5.73 Å². The molecule has 1 aromatic heterocycles. The quantitative estimate of drug-likeness (QED) is 0.929. The van der Waals surface area contributed by atoms with Gasteiger partial charge in [-0.05, 0) is 31.5 Å². The van der Waals surface area contributed by atoms with E-state index >= 15 is 0 Å². The van der Waals surface area contributed by atoms with Crippen LogP contribution in [0.25, 0.3) is 0 Å². The fourth-order valence-corrected chi connectivity index (χ4v) is 3.09. The summed E-state index contributed by atoms with van der Waals surface area (Å²) in [7, 11) is 0. The minimum absolute atomic E-state index is 0. The highest BCUT2D eigenvalue weighted by Crippen LogP contribution is 2.35. The Morgan fingerprint density at radius 3 is 2.67 bits per heavy atom. The van der Waals surface area contributed by atoms with Gasteiger partial charge in [0.05, 0.1) is 0 Å². The summed E-state index contributed by atoms with van der Waals surface area (Å²) in [5.74, 6) is 0. The van der Waals surface area contributed by atoms with Crippen LogP contribution < -0.4 is 5.73 Å². The van der Waals surface area contributed by atoms with Gasteiger partial charge in [0.15, 0.2) is 0 Å². The Labute approximate surface area is 114 Å². The summed E-state index contributed by atoms with van der Waals surface area (Å²) in [6.45, 7) is 2.10. The Balaban J connectivity index is 0.00000162. The summed E-state index contributed by atoms with van der Waals surface area (Å²) >= 11 is 0.832. The lowest BCUT2D eigenvalue weighted by Crippen LogP contribution is -2.34. The first-order valence-electron chi connectivity index (χ1n) is 5.60. The maximum atomic E-state index is 12.4. The van der Waals surface area contributed by atoms with Crippen LogP contribution in [0.1, 0.15) is 22.6 Å². The van der Waals surface area contributed by atoms with Crippen LogP contribution in [0.4, 0.5) is 13.2 Å². The second-order valence-corrected chi connectivity index (χ2v) is 5.43. The van der Waals surface area contributed by atoms with Crippen LogP contribution in [-0.2, 0) is 12.7 Å². The number of hydrogen-bond acceptors (Lipinski definition) is 3. The van der Waals surface area contributed by atoms with E-state index in [1.165, 1.54) is 0 Å². The number of nitrogens with zero attached hydrogens (tertiary/aromatic N) is 1. The van der Waals surface area contributed by atoms with Gasteiger partial charge in [0.2, 0.25) is 0 Å². The molecule has 1 aromatic rings. The van der Waals surface area contributed by atoms with Crippen molar-refractivity contribution < 1.29 is 13.2 Å². The predicted molar refractivity (Wildman–Crippen MR) is 69.1 cm³/mol. The molecule has 0 spiro atoms. The average molecular weight is 301 g/mol. The molecule has 0 saturated carbocycles. The third-order valence-electron chi connectivity index (χ3n) is 3.07. The molecule has 0 aliphatic carbocycles. The van der Waals surface area contributed by atoms with Gasteiger partial charge in [-0.15, -0.1) is 23.7 Å². The lowest BCUT2D eigenvalue weighted by molar-refractivity contribution is -0.134. The molecule has 18 heavy (non-hydrogen) atoms. The number of halogens is 4. The standard InChI is InChI=1S/C11H15F3N2S.ClH/c12-11(13,14)10-4-3-9(17-10)7-16-5-1-2-8(16)6-15;/h3-4,8H,1-2,5-7,15H2;1H. The molecule has 1 saturated heterocycles. The van der Waals surface area contributed by atoms with Gasteiger partial charge < -0.3 is 5.73 Å². The number of likely N-dealkylation sites (tertiary alicyclic amines) is 1. The summed E-state index contributed by atoms with van der Waals surface area (Å²) in [5.41, 5.74) is 5.63. The average Bonchev–Trinajstić information content (AvgIpc) is 2.86. The molecule has 2 N–H and O–H groups in total. The van der Waals surface area contributed by atoms with Gasteiger partial charge in [0.1, 0.15) is 4.88 Å². The van der Waals surface area contributed by atoms with Crippen LogP contribution in [-0.4, -0.2) is 24.0 Å². The molecule has 1 aliphatic rings. The summed E-state index contributed by atoms with van der Waals surface area (Å²) in [5, 5.41) is 0. The SMILES string of the molecule is Cl.NCC1CCCN1Cc1ccc(C(F)(F)F)s1. The first-order valence-corrected chi connectivity index (χ1v) is 6.42. The second kappa shape index (κ2) is 6.23. The van der Waals surface area contributed by atoms with E-state index in [0.717, 1.165) is 41.7 Å². The number of nitrogens with two attached hydrogens (primary N) is 1. The maximum Gasteiger partial charge on any atom is 0.425 e. The molecule has 0 bridgehead atoms. The van der Waals surface area contributed by atoms with Crippen molar-refractivity contribution in [1.82, 2.24) is 4.90 Å². The Morgan fingerprint density at radius 1 is 1.39 bits per heavy atom. The van der Waals surface area contributed by atoms with Crippen molar-refractivity contribution in [2.45, 2.75) is 31.6 Å². The minimum Gasteiger partial charge on any atom is -0.329 e. The van der Waals surface area contributed by atoms with E-state index in [1.54, 1.807) is 6.07 Å². The zero-order valence-electron chi connectivity index (χ0n) is 9.74. The molecule has 1 unspecified atom stereocenters. The van der Waals surface area contributed by atoms with Gasteiger partial charge in [0, 0.05) is 24.0 Å². The smallest absolute Gasteiger partial charge is 0.329 e. The second-order valence-electron chi connectivity index (χ2n) is 4.27. The monoisotopic (exact) mass is 300 g/mol. The fraction of sp³-hybridized carbons (Fsp3) is 0.636. The molecule has 1 aliphatic heterocycles. The third-order valence-corrected chi connectivity index (χ3v) is 4.19. The maximum absolute atomic E-state index is 12.4. The molecule has 1 atom stereocenters. The first kappa shape index (κ1) is 15.8. The number of alkyl halides is 3. The molecular formula is C11H16ClF3N2S. The van der Waals surface area contributed by atoms with Crippen molar-refractivity contribution in [2.24, 2.45) is 5.73 Å². The van der Waals surface area contributed by atoms with Gasteiger partial charge in [-0.3, -0.25) is 4.90 Å². The van der Waals surface area contributed by atoms with Crippen molar-refractivity contribution in [2.75, 3.05) is 13.1 Å². The molecule has 0 aromatic carbocycles. The van der Waals surface area contributed by atoms with E-state index < -0.39 is 11.1 Å². The third kappa shape index (κ3) is 3.60. The van der Waals surface area contributed by atoms with Crippen LogP contribution in [0.5, 0.6) is 0 Å². The number of thiophene rings is 1. The van der Waals surface area contributed by atoms with Crippen molar-refractivity contribution in [3.8, 4) is 0 Å². The minimum atomic E-state index is -4.22. The molecule has 2 rings (SSSR count). The number of rotatable bonds is 3. The van der Waals surface area contributed by atoms with Crippen molar-refractivity contribution >= 4 is 23.7 Å². The molecule has 2 nitrogen and oxygen atoms in total. The fourth-order valence-electron chi connectivity index (χ4n) is 2.19. The highest BCUT2D eigenvalue weighted by molar-refractivity contribution is 7.12. The van der Waals surface area contributed by atoms with E-state index in [2.05, 4.69) is 4.90 Å². The van der Waals surface area contributed by atoms with E-state index in [0.29, 0.717) is 19.1 Å². The first-order chi connectivity index (χ1) is 8.00. The van der Waals surface area contributed by atoms with Crippen molar-refractivity contribution in [1.29, 1.82) is 0 Å². The topological polar surface area (TPSA) is 29.3 Å². The highest BCUT2D eigenvalue weighted by atomic mass is 35.5. The van der Waals surface area contributed by atoms with Crippen LogP contribution in [0, 0.1) is 0 Å². The molecule has 104 valence electrons. The van der Waals surface area contributed by atoms with Gasteiger partial charge in [-0.1, -0.05) is 0 Å². The van der Waals surface area contributed by atoms with E-state index in [1.807, 2.05) is 0 Å². The molecular weight excluding hydrogens is 285 g/mol.